The van der Waals surface area contributed by atoms with Gasteiger partial charge in [-0.15, -0.1) is 11.3 Å². The molecule has 0 saturated heterocycles. The minimum absolute atomic E-state index is 0.0577. The number of benzene rings is 1. The molecule has 2 atom stereocenters. The first-order valence-corrected chi connectivity index (χ1v) is 10.9. The number of para-hydroxylation sites is 1. The lowest BCUT2D eigenvalue weighted by Crippen LogP contribution is -2.62. The van der Waals surface area contributed by atoms with Crippen molar-refractivity contribution in [2.45, 2.75) is 65.5 Å². The van der Waals surface area contributed by atoms with Gasteiger partial charge in [0, 0.05) is 23.7 Å². The number of thiophene rings is 1. The average molecular weight is 379 g/mol. The minimum atomic E-state index is -0.0577. The molecule has 0 bridgehead atoms. The maximum Gasteiger partial charge on any atom is 0.0845 e. The van der Waals surface area contributed by atoms with Gasteiger partial charge in [0.15, 0.2) is 0 Å². The molecule has 3 aromatic rings. The molecule has 2 aliphatic rings. The van der Waals surface area contributed by atoms with Crippen LogP contribution in [0.25, 0.3) is 10.2 Å². The van der Waals surface area contributed by atoms with E-state index in [0.717, 1.165) is 0 Å². The second-order valence-corrected chi connectivity index (χ2v) is 10.7. The van der Waals surface area contributed by atoms with Crippen molar-refractivity contribution in [1.29, 1.82) is 0 Å². The lowest BCUT2D eigenvalue weighted by molar-refractivity contribution is 0.0608. The molecule has 4 heterocycles. The van der Waals surface area contributed by atoms with Gasteiger partial charge in [0.1, 0.15) is 0 Å². The molecule has 2 aliphatic heterocycles. The number of hydrogen-bond acceptors (Lipinski definition) is 2. The summed E-state index contributed by atoms with van der Waals surface area (Å²) in [5.74, 6) is 0. The van der Waals surface area contributed by atoms with Gasteiger partial charge in [-0.3, -0.25) is 0 Å². The van der Waals surface area contributed by atoms with Crippen molar-refractivity contribution >= 4 is 27.2 Å². The predicted molar refractivity (Wildman–Crippen MR) is 117 cm³/mol. The Labute approximate surface area is 166 Å². The first-order chi connectivity index (χ1) is 12.6. The number of aryl methyl sites for hydroxylation is 2. The van der Waals surface area contributed by atoms with E-state index >= 15 is 0 Å². The quantitative estimate of drug-likeness (QED) is 0.424. The smallest absolute Gasteiger partial charge is 0.0845 e. The van der Waals surface area contributed by atoms with Gasteiger partial charge in [0.05, 0.1) is 27.5 Å². The van der Waals surface area contributed by atoms with Gasteiger partial charge in [0.25, 0.3) is 0 Å². The van der Waals surface area contributed by atoms with Crippen LogP contribution in [-0.4, -0.2) is 4.57 Å². The fourth-order valence-electron chi connectivity index (χ4n) is 6.23. The second kappa shape index (κ2) is 4.81. The molecule has 0 saturated carbocycles. The molecular weight excluding hydrogens is 348 g/mol. The third kappa shape index (κ3) is 1.62. The summed E-state index contributed by atoms with van der Waals surface area (Å²) >= 11 is 1.90. The van der Waals surface area contributed by atoms with E-state index in [9.17, 15) is 0 Å². The highest BCUT2D eigenvalue weighted by atomic mass is 32.1. The molecule has 2 nitrogen and oxygen atoms in total. The molecule has 0 aliphatic carbocycles. The minimum Gasteiger partial charge on any atom is -0.353 e. The molecule has 2 aromatic heterocycles. The number of aromatic nitrogens is 1. The van der Waals surface area contributed by atoms with Crippen molar-refractivity contribution in [3.63, 3.8) is 0 Å². The van der Waals surface area contributed by atoms with Gasteiger partial charge < -0.3 is 9.47 Å². The van der Waals surface area contributed by atoms with Crippen LogP contribution in [0.1, 0.15) is 70.0 Å². The van der Waals surface area contributed by atoms with E-state index < -0.39 is 0 Å². The van der Waals surface area contributed by atoms with Crippen LogP contribution >= 0.6 is 11.3 Å². The van der Waals surface area contributed by atoms with Crippen LogP contribution in [0.15, 0.2) is 29.6 Å². The molecular formula is C24H30N2S. The molecule has 0 fully saturated rings. The van der Waals surface area contributed by atoms with Gasteiger partial charge in [-0.05, 0) is 48.8 Å². The second-order valence-electron chi connectivity index (χ2n) is 9.80. The lowest BCUT2D eigenvalue weighted by atomic mass is 9.52. The van der Waals surface area contributed by atoms with Crippen molar-refractivity contribution in [3.05, 3.63) is 52.0 Å². The third-order valence-corrected chi connectivity index (χ3v) is 9.46. The molecule has 0 spiro atoms. The zero-order chi connectivity index (χ0) is 19.5. The Morgan fingerprint density at radius 2 is 1.74 bits per heavy atom. The maximum atomic E-state index is 2.76. The van der Waals surface area contributed by atoms with Crippen LogP contribution in [0.3, 0.4) is 0 Å². The molecule has 5 rings (SSSR count). The van der Waals surface area contributed by atoms with Crippen LogP contribution in [0.2, 0.25) is 0 Å². The third-order valence-electron chi connectivity index (χ3n) is 8.52. The summed E-state index contributed by atoms with van der Waals surface area (Å²) in [5.41, 5.74) is 8.87. The monoisotopic (exact) mass is 378 g/mol. The normalized spacial score (nSPS) is 27.6. The van der Waals surface area contributed by atoms with Crippen LogP contribution in [0, 0.1) is 12.3 Å². The Morgan fingerprint density at radius 1 is 1.04 bits per heavy atom. The van der Waals surface area contributed by atoms with Gasteiger partial charge in [-0.1, -0.05) is 45.9 Å². The highest BCUT2D eigenvalue weighted by Gasteiger charge is 2.65. The van der Waals surface area contributed by atoms with Crippen molar-refractivity contribution in [3.8, 4) is 0 Å². The summed E-state index contributed by atoms with van der Waals surface area (Å²) in [7, 11) is 2.27. The molecule has 0 N–H and O–H groups in total. The van der Waals surface area contributed by atoms with Crippen molar-refractivity contribution in [1.82, 2.24) is 4.57 Å². The van der Waals surface area contributed by atoms with E-state index in [2.05, 4.69) is 94.6 Å². The van der Waals surface area contributed by atoms with Gasteiger partial charge in [0.2, 0.25) is 0 Å². The number of hydrogen-bond donors (Lipinski definition) is 0. The zero-order valence-electron chi connectivity index (χ0n) is 17.8. The lowest BCUT2D eigenvalue weighted by Gasteiger charge is -2.62. The Bertz CT molecular complexity index is 1100. The summed E-state index contributed by atoms with van der Waals surface area (Å²) < 4.78 is 3.96. The average Bonchev–Trinajstić information content (AvgIpc) is 3.22. The standard InChI is InChI=1S/C24H30N2S/c1-14-10-9-11-16-19(14)26-15(2)18-20-17(12-13-27-20)25(8)21(18)24(26,7)23(5,6)22(16,3)4/h9-13,15H,1-8H3. The van der Waals surface area contributed by atoms with Crippen LogP contribution < -0.4 is 4.90 Å². The summed E-state index contributed by atoms with van der Waals surface area (Å²) in [6, 6.07) is 9.55. The molecule has 3 heteroatoms. The number of anilines is 1. The summed E-state index contributed by atoms with van der Waals surface area (Å²) in [6.45, 7) is 17.0. The Kier molecular flexibility index (Phi) is 3.09. The largest absolute Gasteiger partial charge is 0.353 e. The summed E-state index contributed by atoms with van der Waals surface area (Å²) in [5, 5.41) is 2.24. The highest BCUT2D eigenvalue weighted by Crippen LogP contribution is 2.68. The fourth-order valence-corrected chi connectivity index (χ4v) is 7.28. The van der Waals surface area contributed by atoms with E-state index in [0.29, 0.717) is 6.04 Å². The molecule has 0 radical (unpaired) electrons. The van der Waals surface area contributed by atoms with E-state index in [1.54, 1.807) is 5.56 Å². The SMILES string of the molecule is Cc1cccc2c1N1C(C)c3c(n(C)c4ccsc34)C1(C)C(C)(C)C2(C)C. The summed E-state index contributed by atoms with van der Waals surface area (Å²) in [6.07, 6.45) is 0. The Balaban J connectivity index is 1.97. The zero-order valence-corrected chi connectivity index (χ0v) is 18.6. The highest BCUT2D eigenvalue weighted by molar-refractivity contribution is 7.17. The van der Waals surface area contributed by atoms with E-state index in [1.807, 2.05) is 11.3 Å². The molecule has 0 amide bonds. The molecule has 27 heavy (non-hydrogen) atoms. The Morgan fingerprint density at radius 3 is 2.44 bits per heavy atom. The van der Waals surface area contributed by atoms with Crippen molar-refractivity contribution in [2.75, 3.05) is 4.90 Å². The van der Waals surface area contributed by atoms with Gasteiger partial charge >= 0.3 is 0 Å². The first-order valence-electron chi connectivity index (χ1n) is 10.0. The van der Waals surface area contributed by atoms with Crippen molar-refractivity contribution in [2.24, 2.45) is 12.5 Å². The number of fused-ring (bicyclic) bond motifs is 7. The summed E-state index contributed by atoms with van der Waals surface area (Å²) in [4.78, 5) is 2.76. The first kappa shape index (κ1) is 17.4. The number of nitrogens with zero attached hydrogens (tertiary/aromatic N) is 2. The van der Waals surface area contributed by atoms with Crippen LogP contribution in [0.4, 0.5) is 5.69 Å². The maximum absolute atomic E-state index is 2.76. The van der Waals surface area contributed by atoms with Gasteiger partial charge in [-0.2, -0.15) is 0 Å². The van der Waals surface area contributed by atoms with Crippen LogP contribution in [0.5, 0.6) is 0 Å². The van der Waals surface area contributed by atoms with E-state index in [1.165, 1.54) is 32.7 Å². The fraction of sp³-hybridized carbons (Fsp3) is 0.500. The Hall–Kier alpha value is -1.74. The van der Waals surface area contributed by atoms with E-state index in [4.69, 9.17) is 0 Å². The molecule has 2 unspecified atom stereocenters. The van der Waals surface area contributed by atoms with Crippen molar-refractivity contribution < 1.29 is 0 Å². The predicted octanol–water partition coefficient (Wildman–Crippen LogP) is 6.66. The van der Waals surface area contributed by atoms with Gasteiger partial charge in [-0.25, -0.2) is 0 Å². The molecule has 1 aromatic carbocycles. The topological polar surface area (TPSA) is 8.17 Å². The van der Waals surface area contributed by atoms with Crippen LogP contribution in [-0.2, 0) is 18.0 Å². The number of rotatable bonds is 0. The van der Waals surface area contributed by atoms with E-state index in [-0.39, 0.29) is 16.4 Å². The molecule has 142 valence electrons.